The van der Waals surface area contributed by atoms with Crippen LogP contribution in [-0.4, -0.2) is 42.6 Å². The fourth-order valence-corrected chi connectivity index (χ4v) is 2.44. The molecule has 0 spiro atoms. The number of hydrogen-bond donors (Lipinski definition) is 1. The Morgan fingerprint density at radius 2 is 2.19 bits per heavy atom. The first-order valence-electron chi connectivity index (χ1n) is 6.25. The highest BCUT2D eigenvalue weighted by atomic mass is 16.5. The maximum absolute atomic E-state index is 12.2. The molecule has 1 amide bonds. The Hall–Kier alpha value is -0.610. The minimum absolute atomic E-state index is 0.154. The summed E-state index contributed by atoms with van der Waals surface area (Å²) in [6.07, 6.45) is 6.06. The molecule has 16 heavy (non-hydrogen) atoms. The highest BCUT2D eigenvalue weighted by molar-refractivity contribution is 5.78. The lowest BCUT2D eigenvalue weighted by Gasteiger charge is -2.41. The van der Waals surface area contributed by atoms with E-state index in [1.807, 2.05) is 4.90 Å². The number of rotatable bonds is 6. The largest absolute Gasteiger partial charge is 0.378 e. The number of carbonyl (C=O) groups excluding carboxylic acids is 1. The number of methoxy groups -OCH3 is 1. The van der Waals surface area contributed by atoms with E-state index in [1.165, 1.54) is 6.42 Å². The molecular weight excluding hydrogens is 204 g/mol. The zero-order valence-electron chi connectivity index (χ0n) is 10.1. The molecule has 2 rings (SSSR count). The van der Waals surface area contributed by atoms with E-state index in [-0.39, 0.29) is 11.5 Å². The van der Waals surface area contributed by atoms with Crippen LogP contribution in [0.15, 0.2) is 0 Å². The number of carbonyl (C=O) groups is 1. The summed E-state index contributed by atoms with van der Waals surface area (Å²) in [4.78, 5) is 14.1. The van der Waals surface area contributed by atoms with E-state index < -0.39 is 0 Å². The van der Waals surface area contributed by atoms with Crippen LogP contribution in [0.5, 0.6) is 0 Å². The monoisotopic (exact) mass is 226 g/mol. The van der Waals surface area contributed by atoms with Crippen molar-refractivity contribution in [1.82, 2.24) is 4.90 Å². The van der Waals surface area contributed by atoms with Crippen LogP contribution in [0.4, 0.5) is 0 Å². The molecule has 0 aliphatic heterocycles. The first-order chi connectivity index (χ1) is 7.71. The Morgan fingerprint density at radius 1 is 1.50 bits per heavy atom. The Morgan fingerprint density at radius 3 is 2.56 bits per heavy atom. The van der Waals surface area contributed by atoms with E-state index in [9.17, 15) is 4.79 Å². The molecule has 2 fully saturated rings. The Kier molecular flexibility index (Phi) is 3.50. The van der Waals surface area contributed by atoms with Gasteiger partial charge < -0.3 is 15.4 Å². The SMILES string of the molecule is COC1(CC(=O)N(CCN)C2CC2)CCC1. The summed E-state index contributed by atoms with van der Waals surface area (Å²) in [5, 5.41) is 0. The van der Waals surface area contributed by atoms with E-state index in [2.05, 4.69) is 0 Å². The van der Waals surface area contributed by atoms with Gasteiger partial charge in [0.15, 0.2) is 0 Å². The molecule has 2 saturated carbocycles. The van der Waals surface area contributed by atoms with Crippen molar-refractivity contribution in [2.45, 2.75) is 50.2 Å². The van der Waals surface area contributed by atoms with E-state index >= 15 is 0 Å². The van der Waals surface area contributed by atoms with Gasteiger partial charge in [-0.05, 0) is 32.1 Å². The van der Waals surface area contributed by atoms with Crippen LogP contribution in [0.25, 0.3) is 0 Å². The summed E-state index contributed by atoms with van der Waals surface area (Å²) in [6.45, 7) is 1.26. The first kappa shape index (κ1) is 11.9. The number of amides is 1. The molecule has 0 radical (unpaired) electrons. The summed E-state index contributed by atoms with van der Waals surface area (Å²) >= 11 is 0. The van der Waals surface area contributed by atoms with Gasteiger partial charge in [0.25, 0.3) is 0 Å². The fraction of sp³-hybridized carbons (Fsp3) is 0.917. The van der Waals surface area contributed by atoms with Crippen molar-refractivity contribution in [1.29, 1.82) is 0 Å². The molecule has 0 aromatic carbocycles. The Labute approximate surface area is 97.1 Å². The molecule has 0 aromatic rings. The van der Waals surface area contributed by atoms with Crippen LogP contribution < -0.4 is 5.73 Å². The van der Waals surface area contributed by atoms with Gasteiger partial charge >= 0.3 is 0 Å². The first-order valence-corrected chi connectivity index (χ1v) is 6.25. The summed E-state index contributed by atoms with van der Waals surface area (Å²) in [6, 6.07) is 0.463. The van der Waals surface area contributed by atoms with Gasteiger partial charge in [-0.3, -0.25) is 4.79 Å². The molecule has 2 aliphatic carbocycles. The minimum atomic E-state index is -0.154. The molecule has 0 bridgehead atoms. The second-order valence-corrected chi connectivity index (χ2v) is 5.02. The van der Waals surface area contributed by atoms with Gasteiger partial charge in [-0.15, -0.1) is 0 Å². The lowest BCUT2D eigenvalue weighted by atomic mass is 9.77. The van der Waals surface area contributed by atoms with Gasteiger partial charge in [0.1, 0.15) is 0 Å². The molecule has 0 heterocycles. The minimum Gasteiger partial charge on any atom is -0.378 e. The molecule has 92 valence electrons. The fourth-order valence-electron chi connectivity index (χ4n) is 2.44. The smallest absolute Gasteiger partial charge is 0.225 e. The Balaban J connectivity index is 1.89. The topological polar surface area (TPSA) is 55.6 Å². The normalized spacial score (nSPS) is 22.6. The zero-order chi connectivity index (χ0) is 11.6. The van der Waals surface area contributed by atoms with E-state index in [1.54, 1.807) is 7.11 Å². The molecule has 4 heteroatoms. The lowest BCUT2D eigenvalue weighted by Crippen LogP contribution is -2.46. The van der Waals surface area contributed by atoms with Gasteiger partial charge in [-0.25, -0.2) is 0 Å². The number of nitrogens with two attached hydrogens (primary N) is 1. The van der Waals surface area contributed by atoms with Gasteiger partial charge in [-0.1, -0.05) is 0 Å². The van der Waals surface area contributed by atoms with Crippen LogP contribution in [0, 0.1) is 0 Å². The van der Waals surface area contributed by atoms with Crippen molar-refractivity contribution in [2.75, 3.05) is 20.2 Å². The van der Waals surface area contributed by atoms with Crippen molar-refractivity contribution < 1.29 is 9.53 Å². The van der Waals surface area contributed by atoms with Crippen molar-refractivity contribution in [3.8, 4) is 0 Å². The highest BCUT2D eigenvalue weighted by Gasteiger charge is 2.42. The van der Waals surface area contributed by atoms with Crippen LogP contribution in [-0.2, 0) is 9.53 Å². The zero-order valence-corrected chi connectivity index (χ0v) is 10.1. The van der Waals surface area contributed by atoms with Crippen molar-refractivity contribution in [3.05, 3.63) is 0 Å². The molecule has 4 nitrogen and oxygen atoms in total. The third kappa shape index (κ3) is 2.38. The van der Waals surface area contributed by atoms with Gasteiger partial charge in [-0.2, -0.15) is 0 Å². The van der Waals surface area contributed by atoms with Crippen molar-refractivity contribution >= 4 is 5.91 Å². The van der Waals surface area contributed by atoms with E-state index in [4.69, 9.17) is 10.5 Å². The van der Waals surface area contributed by atoms with Crippen molar-refractivity contribution in [2.24, 2.45) is 5.73 Å². The average molecular weight is 226 g/mol. The standard InChI is InChI=1S/C12H22N2O2/c1-16-12(5-2-6-12)9-11(15)14(8-7-13)10-3-4-10/h10H,2-9,13H2,1H3. The molecule has 0 saturated heterocycles. The second kappa shape index (κ2) is 4.72. The van der Waals surface area contributed by atoms with Gasteiger partial charge in [0, 0.05) is 26.2 Å². The molecular formula is C12H22N2O2. The molecule has 2 aliphatic rings. The third-order valence-corrected chi connectivity index (χ3v) is 3.85. The summed E-state index contributed by atoms with van der Waals surface area (Å²) in [5.41, 5.74) is 5.40. The third-order valence-electron chi connectivity index (χ3n) is 3.85. The number of hydrogen-bond acceptors (Lipinski definition) is 3. The predicted octanol–water partition coefficient (Wildman–Crippen LogP) is 0.895. The predicted molar refractivity (Wildman–Crippen MR) is 62.0 cm³/mol. The second-order valence-electron chi connectivity index (χ2n) is 5.02. The lowest BCUT2D eigenvalue weighted by molar-refractivity contribution is -0.144. The quantitative estimate of drug-likeness (QED) is 0.732. The van der Waals surface area contributed by atoms with Crippen LogP contribution in [0.1, 0.15) is 38.5 Å². The van der Waals surface area contributed by atoms with Gasteiger partial charge in [0.2, 0.25) is 5.91 Å². The molecule has 0 atom stereocenters. The number of ether oxygens (including phenoxy) is 1. The Bertz CT molecular complexity index is 254. The van der Waals surface area contributed by atoms with Crippen LogP contribution in [0.2, 0.25) is 0 Å². The molecule has 0 unspecified atom stereocenters. The van der Waals surface area contributed by atoms with Crippen molar-refractivity contribution in [3.63, 3.8) is 0 Å². The average Bonchev–Trinajstić information content (AvgIpc) is 3.03. The van der Waals surface area contributed by atoms with Gasteiger partial charge in [0.05, 0.1) is 12.0 Å². The van der Waals surface area contributed by atoms with E-state index in [0.717, 1.165) is 25.7 Å². The summed E-state index contributed by atoms with van der Waals surface area (Å²) < 4.78 is 5.49. The van der Waals surface area contributed by atoms with E-state index in [0.29, 0.717) is 25.6 Å². The summed E-state index contributed by atoms with van der Waals surface area (Å²) in [5.74, 6) is 0.231. The van der Waals surface area contributed by atoms with Crippen LogP contribution in [0.3, 0.4) is 0 Å². The maximum atomic E-state index is 12.2. The molecule has 2 N–H and O–H groups in total. The number of nitrogens with zero attached hydrogens (tertiary/aromatic N) is 1. The highest BCUT2D eigenvalue weighted by Crippen LogP contribution is 2.39. The molecule has 0 aromatic heterocycles. The summed E-state index contributed by atoms with van der Waals surface area (Å²) in [7, 11) is 1.72. The van der Waals surface area contributed by atoms with Crippen LogP contribution >= 0.6 is 0 Å². The maximum Gasteiger partial charge on any atom is 0.225 e.